The van der Waals surface area contributed by atoms with Gasteiger partial charge in [0.05, 0.1) is 12.7 Å². The maximum Gasteiger partial charge on any atom is 0.253 e. The van der Waals surface area contributed by atoms with Crippen LogP contribution in [-0.4, -0.2) is 24.0 Å². The predicted molar refractivity (Wildman–Crippen MR) is 116 cm³/mol. The number of ether oxygens (including phenoxy) is 1. The Kier molecular flexibility index (Phi) is 6.85. The van der Waals surface area contributed by atoms with Gasteiger partial charge in [-0.15, -0.1) is 0 Å². The largest absolute Gasteiger partial charge is 0.496 e. The summed E-state index contributed by atoms with van der Waals surface area (Å²) < 4.78 is 5.33. The lowest BCUT2D eigenvalue weighted by Gasteiger charge is -2.28. The van der Waals surface area contributed by atoms with E-state index >= 15 is 0 Å². The van der Waals surface area contributed by atoms with E-state index in [1.165, 1.54) is 5.56 Å². The molecule has 1 amide bonds. The Balaban J connectivity index is 1.67. The monoisotopic (exact) mass is 389 g/mol. The van der Waals surface area contributed by atoms with Gasteiger partial charge in [-0.2, -0.15) is 0 Å². The summed E-state index contributed by atoms with van der Waals surface area (Å²) in [6, 6.07) is 22.0. The molecule has 0 saturated heterocycles. The highest BCUT2D eigenvalue weighted by Gasteiger charge is 2.14. The minimum absolute atomic E-state index is 0.158. The molecule has 5 heteroatoms. The van der Waals surface area contributed by atoms with E-state index < -0.39 is 0 Å². The highest BCUT2D eigenvalue weighted by Crippen LogP contribution is 2.19. The Hall–Kier alpha value is -3.34. The number of para-hydroxylation sites is 1. The molecule has 5 nitrogen and oxygen atoms in total. The average molecular weight is 389 g/mol. The van der Waals surface area contributed by atoms with Crippen molar-refractivity contribution in [2.24, 2.45) is 0 Å². The minimum Gasteiger partial charge on any atom is -0.496 e. The van der Waals surface area contributed by atoms with Crippen molar-refractivity contribution in [1.29, 1.82) is 0 Å². The number of anilines is 1. The highest BCUT2D eigenvalue weighted by atomic mass is 16.5. The summed E-state index contributed by atoms with van der Waals surface area (Å²) in [7, 11) is 1.62. The first-order valence-electron chi connectivity index (χ1n) is 9.75. The second-order valence-corrected chi connectivity index (χ2v) is 7.11. The van der Waals surface area contributed by atoms with Gasteiger partial charge >= 0.3 is 0 Å². The van der Waals surface area contributed by atoms with Crippen molar-refractivity contribution in [3.63, 3.8) is 0 Å². The fourth-order valence-corrected chi connectivity index (χ4v) is 3.13. The van der Waals surface area contributed by atoms with Crippen LogP contribution in [0.15, 0.2) is 72.9 Å². The third-order valence-corrected chi connectivity index (χ3v) is 4.76. The summed E-state index contributed by atoms with van der Waals surface area (Å²) in [4.78, 5) is 19.3. The molecule has 0 fully saturated rings. The van der Waals surface area contributed by atoms with E-state index in [1.807, 2.05) is 54.6 Å². The number of hydrogen-bond donors (Lipinski definition) is 1. The molecular weight excluding hydrogens is 362 g/mol. The van der Waals surface area contributed by atoms with Crippen molar-refractivity contribution in [3.05, 3.63) is 89.6 Å². The molecule has 2 aromatic carbocycles. The number of hydrogen-bond acceptors (Lipinski definition) is 4. The third-order valence-electron chi connectivity index (χ3n) is 4.76. The van der Waals surface area contributed by atoms with Gasteiger partial charge in [0.15, 0.2) is 0 Å². The van der Waals surface area contributed by atoms with Crippen LogP contribution in [0, 0.1) is 0 Å². The smallest absolute Gasteiger partial charge is 0.253 e. The highest BCUT2D eigenvalue weighted by molar-refractivity contribution is 5.94. The van der Waals surface area contributed by atoms with Gasteiger partial charge in [0.2, 0.25) is 0 Å². The SMILES string of the molecule is COc1ccccc1CNC(=O)c1ccc(N(Cc2ccccc2)C(C)C)nc1. The molecule has 0 aliphatic rings. The second kappa shape index (κ2) is 9.73. The van der Waals surface area contributed by atoms with Crippen molar-refractivity contribution in [3.8, 4) is 5.75 Å². The molecule has 150 valence electrons. The topological polar surface area (TPSA) is 54.5 Å². The summed E-state index contributed by atoms with van der Waals surface area (Å²) >= 11 is 0. The molecule has 0 unspecified atom stereocenters. The number of nitrogens with zero attached hydrogens (tertiary/aromatic N) is 2. The lowest BCUT2D eigenvalue weighted by atomic mass is 10.1. The zero-order valence-corrected chi connectivity index (χ0v) is 17.1. The molecule has 0 bridgehead atoms. The van der Waals surface area contributed by atoms with Gasteiger partial charge in [0.1, 0.15) is 11.6 Å². The maximum absolute atomic E-state index is 12.5. The summed E-state index contributed by atoms with van der Waals surface area (Å²) in [5.41, 5.74) is 2.69. The van der Waals surface area contributed by atoms with Crippen LogP contribution in [0.2, 0.25) is 0 Å². The molecule has 3 aromatic rings. The fourth-order valence-electron chi connectivity index (χ4n) is 3.13. The molecule has 0 spiro atoms. The van der Waals surface area contributed by atoms with Crippen molar-refractivity contribution < 1.29 is 9.53 Å². The van der Waals surface area contributed by atoms with Gasteiger partial charge in [0.25, 0.3) is 5.91 Å². The summed E-state index contributed by atoms with van der Waals surface area (Å²) in [6.07, 6.45) is 1.63. The zero-order chi connectivity index (χ0) is 20.6. The Labute approximate surface area is 172 Å². The first-order valence-corrected chi connectivity index (χ1v) is 9.75. The van der Waals surface area contributed by atoms with Crippen molar-refractivity contribution >= 4 is 11.7 Å². The number of benzene rings is 2. The molecule has 29 heavy (non-hydrogen) atoms. The Morgan fingerprint density at radius 1 is 1.03 bits per heavy atom. The van der Waals surface area contributed by atoms with E-state index in [1.54, 1.807) is 13.3 Å². The van der Waals surface area contributed by atoms with Crippen molar-refractivity contribution in [2.75, 3.05) is 12.0 Å². The zero-order valence-electron chi connectivity index (χ0n) is 17.1. The quantitative estimate of drug-likeness (QED) is 0.619. The van der Waals surface area contributed by atoms with E-state index in [9.17, 15) is 4.79 Å². The van der Waals surface area contributed by atoms with Gasteiger partial charge in [-0.3, -0.25) is 4.79 Å². The van der Waals surface area contributed by atoms with Gasteiger partial charge in [-0.1, -0.05) is 48.5 Å². The van der Waals surface area contributed by atoms with E-state index in [2.05, 4.69) is 41.2 Å². The van der Waals surface area contributed by atoms with Crippen molar-refractivity contribution in [1.82, 2.24) is 10.3 Å². The van der Waals surface area contributed by atoms with Gasteiger partial charge in [-0.05, 0) is 37.6 Å². The summed E-state index contributed by atoms with van der Waals surface area (Å²) in [6.45, 7) is 5.44. The van der Waals surface area contributed by atoms with E-state index in [0.717, 1.165) is 23.7 Å². The van der Waals surface area contributed by atoms with Crippen LogP contribution in [0.3, 0.4) is 0 Å². The number of carbonyl (C=O) groups excluding carboxylic acids is 1. The van der Waals surface area contributed by atoms with Crippen LogP contribution in [-0.2, 0) is 13.1 Å². The molecule has 0 radical (unpaired) electrons. The molecule has 3 rings (SSSR count). The van der Waals surface area contributed by atoms with Gasteiger partial charge < -0.3 is 15.0 Å². The van der Waals surface area contributed by atoms with Crippen LogP contribution >= 0.6 is 0 Å². The van der Waals surface area contributed by atoms with Crippen LogP contribution in [0.4, 0.5) is 5.82 Å². The Morgan fingerprint density at radius 3 is 2.41 bits per heavy atom. The third kappa shape index (κ3) is 5.35. The molecule has 1 aromatic heterocycles. The van der Waals surface area contributed by atoms with Crippen LogP contribution in [0.1, 0.15) is 35.3 Å². The normalized spacial score (nSPS) is 10.6. The van der Waals surface area contributed by atoms with Crippen molar-refractivity contribution in [2.45, 2.75) is 33.0 Å². The predicted octanol–water partition coefficient (Wildman–Crippen LogP) is 4.44. The number of pyridine rings is 1. The van der Waals surface area contributed by atoms with E-state index in [0.29, 0.717) is 12.1 Å². The van der Waals surface area contributed by atoms with Crippen LogP contribution in [0.5, 0.6) is 5.75 Å². The molecule has 0 aliphatic heterocycles. The number of amides is 1. The lowest BCUT2D eigenvalue weighted by molar-refractivity contribution is 0.0950. The number of carbonyl (C=O) groups is 1. The van der Waals surface area contributed by atoms with Crippen LogP contribution < -0.4 is 15.0 Å². The number of methoxy groups -OCH3 is 1. The van der Waals surface area contributed by atoms with Gasteiger partial charge in [0, 0.05) is 30.9 Å². The standard InChI is InChI=1S/C24H27N3O2/c1-18(2)27(17-19-9-5-4-6-10-19)23-14-13-21(16-25-23)24(28)26-15-20-11-7-8-12-22(20)29-3/h4-14,16,18H,15,17H2,1-3H3,(H,26,28). The fraction of sp³-hybridized carbons (Fsp3) is 0.250. The molecule has 1 heterocycles. The Bertz CT molecular complexity index is 924. The average Bonchev–Trinajstić information content (AvgIpc) is 2.76. The van der Waals surface area contributed by atoms with Crippen LogP contribution in [0.25, 0.3) is 0 Å². The molecule has 0 saturated carbocycles. The maximum atomic E-state index is 12.5. The van der Waals surface area contributed by atoms with E-state index in [-0.39, 0.29) is 11.9 Å². The number of rotatable bonds is 8. The number of aromatic nitrogens is 1. The van der Waals surface area contributed by atoms with E-state index in [4.69, 9.17) is 4.74 Å². The lowest BCUT2D eigenvalue weighted by Crippen LogP contribution is -2.31. The molecule has 0 aliphatic carbocycles. The first kappa shape index (κ1) is 20.4. The van der Waals surface area contributed by atoms with Gasteiger partial charge in [-0.25, -0.2) is 4.98 Å². The summed E-state index contributed by atoms with van der Waals surface area (Å²) in [5.74, 6) is 1.45. The molecular formula is C24H27N3O2. The Morgan fingerprint density at radius 2 is 1.76 bits per heavy atom. The second-order valence-electron chi connectivity index (χ2n) is 7.11. The number of nitrogens with one attached hydrogen (secondary N) is 1. The molecule has 1 N–H and O–H groups in total. The minimum atomic E-state index is -0.158. The first-order chi connectivity index (χ1) is 14.1. The molecule has 0 atom stereocenters. The summed E-state index contributed by atoms with van der Waals surface area (Å²) in [5, 5.41) is 2.93.